The number of hydrogen-bond acceptors (Lipinski definition) is 5. The summed E-state index contributed by atoms with van der Waals surface area (Å²) in [5, 5.41) is 11.0. The summed E-state index contributed by atoms with van der Waals surface area (Å²) >= 11 is 0. The van der Waals surface area contributed by atoms with Crippen molar-refractivity contribution in [3.05, 3.63) is 35.7 Å². The highest BCUT2D eigenvalue weighted by Crippen LogP contribution is 2.36. The number of methoxy groups -OCH3 is 1. The molecule has 0 spiro atoms. The van der Waals surface area contributed by atoms with Crippen molar-refractivity contribution in [3.63, 3.8) is 0 Å². The number of nitrogens with one attached hydrogen (secondary N) is 1. The highest BCUT2D eigenvalue weighted by Gasteiger charge is 2.28. The number of carbonyl (C=O) groups excluding carboxylic acids is 1. The van der Waals surface area contributed by atoms with Crippen LogP contribution in [0.15, 0.2) is 18.3 Å². The maximum atomic E-state index is 12.2. The monoisotopic (exact) mass is 287 g/mol. The zero-order valence-electron chi connectivity index (χ0n) is 12.0. The van der Waals surface area contributed by atoms with Gasteiger partial charge < -0.3 is 14.6 Å². The van der Waals surface area contributed by atoms with Gasteiger partial charge in [0.05, 0.1) is 13.7 Å². The van der Waals surface area contributed by atoms with E-state index in [-0.39, 0.29) is 11.6 Å². The fourth-order valence-electron chi connectivity index (χ4n) is 2.31. The molecule has 0 atom stereocenters. The molecule has 0 radical (unpaired) electrons. The second kappa shape index (κ2) is 5.51. The van der Waals surface area contributed by atoms with Crippen molar-refractivity contribution in [2.45, 2.75) is 32.4 Å². The third-order valence-electron chi connectivity index (χ3n) is 3.46. The Morgan fingerprint density at radius 3 is 3.00 bits per heavy atom. The second-order valence-corrected chi connectivity index (χ2v) is 5.00. The number of rotatable bonds is 5. The van der Waals surface area contributed by atoms with Crippen molar-refractivity contribution in [1.29, 1.82) is 0 Å². The van der Waals surface area contributed by atoms with Crippen molar-refractivity contribution in [3.8, 4) is 5.75 Å². The van der Waals surface area contributed by atoms with E-state index in [0.29, 0.717) is 18.3 Å². The molecule has 1 N–H and O–H groups in total. The molecule has 2 heterocycles. The summed E-state index contributed by atoms with van der Waals surface area (Å²) < 4.78 is 7.23. The molecular formula is C14H17N5O2. The van der Waals surface area contributed by atoms with Gasteiger partial charge in [-0.05, 0) is 31.9 Å². The number of carbonyl (C=O) groups is 1. The highest BCUT2D eigenvalue weighted by atomic mass is 16.5. The van der Waals surface area contributed by atoms with Gasteiger partial charge in [-0.1, -0.05) is 0 Å². The highest BCUT2D eigenvalue weighted by molar-refractivity contribution is 5.94. The van der Waals surface area contributed by atoms with E-state index in [0.717, 1.165) is 24.5 Å². The first-order valence-corrected chi connectivity index (χ1v) is 6.88. The van der Waals surface area contributed by atoms with Gasteiger partial charge in [0.2, 0.25) is 0 Å². The summed E-state index contributed by atoms with van der Waals surface area (Å²) in [7, 11) is 1.51. The molecule has 110 valence electrons. The van der Waals surface area contributed by atoms with E-state index in [1.54, 1.807) is 18.3 Å². The molecule has 0 aliphatic heterocycles. The van der Waals surface area contributed by atoms with E-state index < -0.39 is 0 Å². The van der Waals surface area contributed by atoms with Gasteiger partial charge in [0.1, 0.15) is 11.6 Å². The van der Waals surface area contributed by atoms with Crippen molar-refractivity contribution < 1.29 is 9.53 Å². The lowest BCUT2D eigenvalue weighted by Crippen LogP contribution is -2.26. The van der Waals surface area contributed by atoms with Gasteiger partial charge in [0, 0.05) is 12.2 Å². The molecule has 1 aliphatic carbocycles. The van der Waals surface area contributed by atoms with Crippen LogP contribution < -0.4 is 10.1 Å². The third-order valence-corrected chi connectivity index (χ3v) is 3.46. The van der Waals surface area contributed by atoms with E-state index in [4.69, 9.17) is 4.74 Å². The smallest absolute Gasteiger partial charge is 0.274 e. The van der Waals surface area contributed by atoms with Gasteiger partial charge >= 0.3 is 0 Å². The quantitative estimate of drug-likeness (QED) is 0.895. The molecule has 1 fully saturated rings. The van der Waals surface area contributed by atoms with Crippen molar-refractivity contribution >= 4 is 5.91 Å². The van der Waals surface area contributed by atoms with Crippen LogP contribution in [0.3, 0.4) is 0 Å². The average Bonchev–Trinajstić information content (AvgIpc) is 3.28. The number of aromatic nitrogens is 4. The lowest BCUT2D eigenvalue weighted by molar-refractivity contribution is 0.0941. The predicted octanol–water partition coefficient (Wildman–Crippen LogP) is 1.26. The van der Waals surface area contributed by atoms with E-state index in [1.165, 1.54) is 7.11 Å². The second-order valence-electron chi connectivity index (χ2n) is 5.00. The Morgan fingerprint density at radius 1 is 1.48 bits per heavy atom. The van der Waals surface area contributed by atoms with Crippen LogP contribution in [0.5, 0.6) is 5.75 Å². The van der Waals surface area contributed by atoms with Crippen LogP contribution in [-0.2, 0) is 6.54 Å². The standard InChI is InChI=1S/C14H17N5O2/c1-9-17-18-12(19(9)10-5-6-10)8-16-14(20)13-11(21-2)4-3-7-15-13/h3-4,7,10H,5-6,8H2,1-2H3,(H,16,20). The van der Waals surface area contributed by atoms with Crippen LogP contribution in [0.1, 0.15) is 41.0 Å². The molecule has 2 aromatic heterocycles. The molecule has 1 amide bonds. The maximum Gasteiger partial charge on any atom is 0.274 e. The molecule has 0 saturated heterocycles. The first-order valence-electron chi connectivity index (χ1n) is 6.88. The SMILES string of the molecule is COc1cccnc1C(=O)NCc1nnc(C)n1C1CC1. The van der Waals surface area contributed by atoms with Crippen LogP contribution >= 0.6 is 0 Å². The van der Waals surface area contributed by atoms with E-state index in [1.807, 2.05) is 6.92 Å². The summed E-state index contributed by atoms with van der Waals surface area (Å²) in [6.45, 7) is 2.26. The Labute approximate surface area is 122 Å². The lowest BCUT2D eigenvalue weighted by Gasteiger charge is -2.09. The molecule has 3 rings (SSSR count). The fraction of sp³-hybridized carbons (Fsp3) is 0.429. The van der Waals surface area contributed by atoms with E-state index in [9.17, 15) is 4.79 Å². The number of aryl methyl sites for hydroxylation is 1. The van der Waals surface area contributed by atoms with Gasteiger partial charge in [-0.3, -0.25) is 4.79 Å². The lowest BCUT2D eigenvalue weighted by atomic mass is 10.3. The summed E-state index contributed by atoms with van der Waals surface area (Å²) in [5.41, 5.74) is 0.272. The van der Waals surface area contributed by atoms with Gasteiger partial charge in [-0.15, -0.1) is 10.2 Å². The minimum absolute atomic E-state index is 0.272. The van der Waals surface area contributed by atoms with Crippen LogP contribution in [0.4, 0.5) is 0 Å². The maximum absolute atomic E-state index is 12.2. The van der Waals surface area contributed by atoms with Crippen molar-refractivity contribution in [2.24, 2.45) is 0 Å². The van der Waals surface area contributed by atoms with Gasteiger partial charge in [-0.2, -0.15) is 0 Å². The first kappa shape index (κ1) is 13.5. The van der Waals surface area contributed by atoms with E-state index >= 15 is 0 Å². The van der Waals surface area contributed by atoms with Crippen LogP contribution in [0.25, 0.3) is 0 Å². The Bertz CT molecular complexity index is 663. The number of hydrogen-bond donors (Lipinski definition) is 1. The van der Waals surface area contributed by atoms with Crippen LogP contribution in [-0.4, -0.2) is 32.8 Å². The summed E-state index contributed by atoms with van der Waals surface area (Å²) in [6, 6.07) is 3.91. The minimum Gasteiger partial charge on any atom is -0.494 e. The third kappa shape index (κ3) is 2.72. The summed E-state index contributed by atoms with van der Waals surface area (Å²) in [5.74, 6) is 1.83. The predicted molar refractivity (Wildman–Crippen MR) is 75.0 cm³/mol. The number of pyridine rings is 1. The zero-order chi connectivity index (χ0) is 14.8. The van der Waals surface area contributed by atoms with Gasteiger partial charge in [0.25, 0.3) is 5.91 Å². The fourth-order valence-corrected chi connectivity index (χ4v) is 2.31. The molecule has 1 aliphatic rings. The Kier molecular flexibility index (Phi) is 3.55. The Morgan fingerprint density at radius 2 is 2.29 bits per heavy atom. The largest absolute Gasteiger partial charge is 0.494 e. The average molecular weight is 287 g/mol. The Balaban J connectivity index is 1.71. The molecule has 2 aromatic rings. The molecule has 7 nitrogen and oxygen atoms in total. The molecule has 7 heteroatoms. The normalized spacial score (nSPS) is 14.0. The van der Waals surface area contributed by atoms with Gasteiger partial charge in [0.15, 0.2) is 11.5 Å². The van der Waals surface area contributed by atoms with Crippen LogP contribution in [0, 0.1) is 6.92 Å². The number of ether oxygens (including phenoxy) is 1. The van der Waals surface area contributed by atoms with Crippen LogP contribution in [0.2, 0.25) is 0 Å². The molecular weight excluding hydrogens is 270 g/mol. The minimum atomic E-state index is -0.282. The number of amides is 1. The number of nitrogens with zero attached hydrogens (tertiary/aromatic N) is 4. The van der Waals surface area contributed by atoms with Crippen molar-refractivity contribution in [2.75, 3.05) is 7.11 Å². The Hall–Kier alpha value is -2.44. The molecule has 0 aromatic carbocycles. The molecule has 1 saturated carbocycles. The molecule has 21 heavy (non-hydrogen) atoms. The summed E-state index contributed by atoms with van der Waals surface area (Å²) in [6.07, 6.45) is 3.86. The van der Waals surface area contributed by atoms with Crippen molar-refractivity contribution in [1.82, 2.24) is 25.1 Å². The van der Waals surface area contributed by atoms with Gasteiger partial charge in [-0.25, -0.2) is 4.98 Å². The topological polar surface area (TPSA) is 81.9 Å². The molecule has 0 bridgehead atoms. The molecule has 0 unspecified atom stereocenters. The van der Waals surface area contributed by atoms with E-state index in [2.05, 4.69) is 25.1 Å². The summed E-state index contributed by atoms with van der Waals surface area (Å²) in [4.78, 5) is 16.2. The zero-order valence-corrected chi connectivity index (χ0v) is 12.0. The first-order chi connectivity index (χ1) is 10.2.